The predicted molar refractivity (Wildman–Crippen MR) is 150 cm³/mol. The quantitative estimate of drug-likeness (QED) is 0.332. The van der Waals surface area contributed by atoms with Gasteiger partial charge in [-0.15, -0.1) is 0 Å². The molecule has 0 spiro atoms. The van der Waals surface area contributed by atoms with E-state index in [4.69, 9.17) is 24.0 Å². The third-order valence-electron chi connectivity index (χ3n) is 6.93. The van der Waals surface area contributed by atoms with Crippen LogP contribution in [-0.4, -0.2) is 75.2 Å². The number of aromatic nitrogens is 2. The highest BCUT2D eigenvalue weighted by molar-refractivity contribution is 5.95. The lowest BCUT2D eigenvalue weighted by Gasteiger charge is -2.36. The number of benzene rings is 3. The molecule has 3 aromatic carbocycles. The number of hydrogen-bond donors (Lipinski definition) is 0. The van der Waals surface area contributed by atoms with Crippen LogP contribution in [0, 0.1) is 0 Å². The Morgan fingerprint density at radius 1 is 0.667 bits per heavy atom. The highest BCUT2D eigenvalue weighted by atomic mass is 16.5. The van der Waals surface area contributed by atoms with Crippen molar-refractivity contribution in [3.05, 3.63) is 78.5 Å². The van der Waals surface area contributed by atoms with Gasteiger partial charge < -0.3 is 28.7 Å². The molecule has 0 N–H and O–H groups in total. The SMILES string of the molecule is COc1ccc(N2CCN(C(=O)c3cc(-c4ccc(OC)cc4OC)nn3-c3ccc(OC)cc3)CC2)cc1. The van der Waals surface area contributed by atoms with Crippen molar-refractivity contribution in [3.8, 4) is 39.9 Å². The molecule has 2 heterocycles. The largest absolute Gasteiger partial charge is 0.497 e. The monoisotopic (exact) mass is 528 g/mol. The fourth-order valence-corrected chi connectivity index (χ4v) is 4.72. The van der Waals surface area contributed by atoms with Crippen molar-refractivity contribution in [2.75, 3.05) is 59.5 Å². The summed E-state index contributed by atoms with van der Waals surface area (Å²) in [5.74, 6) is 2.76. The molecule has 202 valence electrons. The van der Waals surface area contributed by atoms with E-state index in [1.807, 2.05) is 77.7 Å². The number of nitrogens with zero attached hydrogens (tertiary/aromatic N) is 4. The zero-order valence-electron chi connectivity index (χ0n) is 22.6. The van der Waals surface area contributed by atoms with E-state index in [0.29, 0.717) is 36.0 Å². The van der Waals surface area contributed by atoms with Gasteiger partial charge in [-0.2, -0.15) is 5.10 Å². The molecular formula is C30H32N4O5. The number of piperazine rings is 1. The number of carbonyl (C=O) groups is 1. The maximum Gasteiger partial charge on any atom is 0.272 e. The van der Waals surface area contributed by atoms with Crippen LogP contribution in [0.3, 0.4) is 0 Å². The molecule has 1 aromatic heterocycles. The Morgan fingerprint density at radius 2 is 1.23 bits per heavy atom. The fourth-order valence-electron chi connectivity index (χ4n) is 4.72. The van der Waals surface area contributed by atoms with E-state index in [0.717, 1.165) is 41.5 Å². The molecular weight excluding hydrogens is 496 g/mol. The summed E-state index contributed by atoms with van der Waals surface area (Å²) in [4.78, 5) is 18.1. The van der Waals surface area contributed by atoms with Gasteiger partial charge in [0.2, 0.25) is 0 Å². The van der Waals surface area contributed by atoms with Gasteiger partial charge in [-0.3, -0.25) is 4.79 Å². The van der Waals surface area contributed by atoms with Crippen molar-refractivity contribution in [2.45, 2.75) is 0 Å². The lowest BCUT2D eigenvalue weighted by atomic mass is 10.1. The molecule has 0 aliphatic carbocycles. The Hall–Kier alpha value is -4.66. The maximum atomic E-state index is 13.9. The highest BCUT2D eigenvalue weighted by Gasteiger charge is 2.27. The molecule has 0 saturated carbocycles. The van der Waals surface area contributed by atoms with Crippen LogP contribution >= 0.6 is 0 Å². The van der Waals surface area contributed by atoms with E-state index >= 15 is 0 Å². The summed E-state index contributed by atoms with van der Waals surface area (Å²) in [7, 11) is 6.49. The molecule has 9 heteroatoms. The summed E-state index contributed by atoms with van der Waals surface area (Å²) in [6, 6.07) is 22.9. The van der Waals surface area contributed by atoms with E-state index < -0.39 is 0 Å². The van der Waals surface area contributed by atoms with E-state index in [9.17, 15) is 4.79 Å². The fraction of sp³-hybridized carbons (Fsp3) is 0.267. The normalized spacial score (nSPS) is 13.2. The summed E-state index contributed by atoms with van der Waals surface area (Å²) in [6.07, 6.45) is 0. The molecule has 4 aromatic rings. The first-order chi connectivity index (χ1) is 19.0. The predicted octanol–water partition coefficient (Wildman–Crippen LogP) is 4.54. The molecule has 5 rings (SSSR count). The average Bonchev–Trinajstić information content (AvgIpc) is 3.45. The number of carbonyl (C=O) groups excluding carboxylic acids is 1. The average molecular weight is 529 g/mol. The van der Waals surface area contributed by atoms with Gasteiger partial charge in [-0.05, 0) is 66.7 Å². The highest BCUT2D eigenvalue weighted by Crippen LogP contribution is 2.34. The zero-order valence-corrected chi connectivity index (χ0v) is 22.6. The Kier molecular flexibility index (Phi) is 7.58. The van der Waals surface area contributed by atoms with Crippen LogP contribution in [0.25, 0.3) is 16.9 Å². The van der Waals surface area contributed by atoms with E-state index in [2.05, 4.69) is 4.90 Å². The van der Waals surface area contributed by atoms with E-state index in [-0.39, 0.29) is 5.91 Å². The smallest absolute Gasteiger partial charge is 0.272 e. The maximum absolute atomic E-state index is 13.9. The summed E-state index contributed by atoms with van der Waals surface area (Å²) >= 11 is 0. The molecule has 0 radical (unpaired) electrons. The molecule has 39 heavy (non-hydrogen) atoms. The van der Waals surface area contributed by atoms with Gasteiger partial charge in [0, 0.05) is 43.5 Å². The molecule has 1 fully saturated rings. The molecule has 0 atom stereocenters. The molecule has 0 bridgehead atoms. The van der Waals surface area contributed by atoms with Crippen LogP contribution in [0.5, 0.6) is 23.0 Å². The van der Waals surface area contributed by atoms with E-state index in [1.54, 1.807) is 33.1 Å². The minimum absolute atomic E-state index is 0.0774. The number of anilines is 1. The standard InChI is InChI=1S/C30H32N4O5/c1-36-23-9-5-21(6-10-23)32-15-17-33(18-16-32)30(35)28-20-27(26-14-13-25(38-3)19-29(26)39-4)31-34(28)22-7-11-24(37-2)12-8-22/h5-14,19-20H,15-18H2,1-4H3. The number of rotatable bonds is 8. The van der Waals surface area contributed by atoms with Crippen LogP contribution in [-0.2, 0) is 0 Å². The molecule has 1 amide bonds. The van der Waals surface area contributed by atoms with Gasteiger partial charge in [0.15, 0.2) is 0 Å². The van der Waals surface area contributed by atoms with Crippen LogP contribution in [0.1, 0.15) is 10.5 Å². The lowest BCUT2D eigenvalue weighted by molar-refractivity contribution is 0.0737. The first-order valence-electron chi connectivity index (χ1n) is 12.7. The van der Waals surface area contributed by atoms with Crippen molar-refractivity contribution in [3.63, 3.8) is 0 Å². The second-order valence-electron chi connectivity index (χ2n) is 9.07. The summed E-state index contributed by atoms with van der Waals surface area (Å²) in [5, 5.41) is 4.85. The van der Waals surface area contributed by atoms with Crippen molar-refractivity contribution >= 4 is 11.6 Å². The van der Waals surface area contributed by atoms with Crippen LogP contribution < -0.4 is 23.8 Å². The minimum Gasteiger partial charge on any atom is -0.497 e. The number of amides is 1. The number of methoxy groups -OCH3 is 4. The van der Waals surface area contributed by atoms with Crippen molar-refractivity contribution in [1.29, 1.82) is 0 Å². The number of ether oxygens (including phenoxy) is 4. The van der Waals surface area contributed by atoms with Crippen molar-refractivity contribution in [2.24, 2.45) is 0 Å². The Bertz CT molecular complexity index is 1420. The van der Waals surface area contributed by atoms with Gasteiger partial charge in [-0.25, -0.2) is 4.68 Å². The van der Waals surface area contributed by atoms with Crippen LogP contribution in [0.4, 0.5) is 5.69 Å². The third-order valence-corrected chi connectivity index (χ3v) is 6.93. The van der Waals surface area contributed by atoms with Gasteiger partial charge in [-0.1, -0.05) is 0 Å². The lowest BCUT2D eigenvalue weighted by Crippen LogP contribution is -2.49. The van der Waals surface area contributed by atoms with Gasteiger partial charge in [0.1, 0.15) is 28.7 Å². The Labute approximate surface area is 228 Å². The van der Waals surface area contributed by atoms with Gasteiger partial charge >= 0.3 is 0 Å². The number of hydrogen-bond acceptors (Lipinski definition) is 7. The molecule has 1 saturated heterocycles. The van der Waals surface area contributed by atoms with Crippen molar-refractivity contribution < 1.29 is 23.7 Å². The first kappa shape index (κ1) is 26.0. The Morgan fingerprint density at radius 3 is 1.79 bits per heavy atom. The first-order valence-corrected chi connectivity index (χ1v) is 12.7. The minimum atomic E-state index is -0.0774. The second-order valence-corrected chi connectivity index (χ2v) is 9.07. The zero-order chi connectivity index (χ0) is 27.4. The third kappa shape index (κ3) is 5.34. The summed E-state index contributed by atoms with van der Waals surface area (Å²) in [6.45, 7) is 2.65. The summed E-state index contributed by atoms with van der Waals surface area (Å²) in [5.41, 5.74) is 3.75. The second kappa shape index (κ2) is 11.4. The Balaban J connectivity index is 1.44. The van der Waals surface area contributed by atoms with Gasteiger partial charge in [0.05, 0.1) is 39.8 Å². The topological polar surface area (TPSA) is 78.3 Å². The van der Waals surface area contributed by atoms with E-state index in [1.165, 1.54) is 0 Å². The van der Waals surface area contributed by atoms with Crippen LogP contribution in [0.2, 0.25) is 0 Å². The summed E-state index contributed by atoms with van der Waals surface area (Å²) < 4.78 is 23.3. The molecule has 0 unspecified atom stereocenters. The van der Waals surface area contributed by atoms with Crippen LogP contribution in [0.15, 0.2) is 72.8 Å². The molecule has 1 aliphatic rings. The molecule has 9 nitrogen and oxygen atoms in total. The van der Waals surface area contributed by atoms with Gasteiger partial charge in [0.25, 0.3) is 5.91 Å². The van der Waals surface area contributed by atoms with Crippen molar-refractivity contribution in [1.82, 2.24) is 14.7 Å². The molecule has 1 aliphatic heterocycles.